The summed E-state index contributed by atoms with van der Waals surface area (Å²) in [6, 6.07) is 2.29. The molecule has 0 saturated heterocycles. The van der Waals surface area contributed by atoms with Crippen LogP contribution in [-0.4, -0.2) is 5.91 Å². The standard InChI is InChI=1S/C16H20N2OS/c1-10-4-2-5-11(8-10)15(19)18-16-13(9-17)12-6-3-7-14(12)20-16/h10-11H,2-8H2,1H3,(H,18,19). The highest BCUT2D eigenvalue weighted by molar-refractivity contribution is 7.16. The van der Waals surface area contributed by atoms with E-state index in [0.717, 1.165) is 49.1 Å². The number of nitrogens with one attached hydrogen (secondary N) is 1. The van der Waals surface area contributed by atoms with Gasteiger partial charge < -0.3 is 5.32 Å². The first kappa shape index (κ1) is 13.6. The number of hydrogen-bond acceptors (Lipinski definition) is 3. The van der Waals surface area contributed by atoms with Crippen LogP contribution in [0.2, 0.25) is 0 Å². The van der Waals surface area contributed by atoms with Gasteiger partial charge in [-0.05, 0) is 43.6 Å². The summed E-state index contributed by atoms with van der Waals surface area (Å²) < 4.78 is 0. The number of thiophene rings is 1. The third kappa shape index (κ3) is 2.47. The maximum Gasteiger partial charge on any atom is 0.228 e. The molecule has 1 amide bonds. The van der Waals surface area contributed by atoms with Gasteiger partial charge in [-0.25, -0.2) is 0 Å². The molecule has 0 spiro atoms. The second kappa shape index (κ2) is 5.57. The third-order valence-electron chi connectivity index (χ3n) is 4.58. The fraction of sp³-hybridized carbons (Fsp3) is 0.625. The number of hydrogen-bond donors (Lipinski definition) is 1. The molecule has 1 N–H and O–H groups in total. The number of carbonyl (C=O) groups excluding carboxylic acids is 1. The number of nitriles is 1. The van der Waals surface area contributed by atoms with Gasteiger partial charge in [-0.2, -0.15) is 5.26 Å². The van der Waals surface area contributed by atoms with Crippen molar-refractivity contribution in [1.29, 1.82) is 5.26 Å². The van der Waals surface area contributed by atoms with Gasteiger partial charge in [0.25, 0.3) is 0 Å². The molecule has 1 aromatic rings. The molecular formula is C16H20N2OS. The Morgan fingerprint density at radius 2 is 2.20 bits per heavy atom. The number of fused-ring (bicyclic) bond motifs is 1. The smallest absolute Gasteiger partial charge is 0.228 e. The minimum absolute atomic E-state index is 0.118. The molecule has 2 aliphatic rings. The summed E-state index contributed by atoms with van der Waals surface area (Å²) >= 11 is 1.61. The van der Waals surface area contributed by atoms with Crippen LogP contribution >= 0.6 is 11.3 Å². The van der Waals surface area contributed by atoms with E-state index in [2.05, 4.69) is 18.3 Å². The van der Waals surface area contributed by atoms with Crippen molar-refractivity contribution in [3.8, 4) is 6.07 Å². The van der Waals surface area contributed by atoms with Gasteiger partial charge in [-0.15, -0.1) is 11.3 Å². The zero-order valence-corrected chi connectivity index (χ0v) is 12.7. The largest absolute Gasteiger partial charge is 0.316 e. The SMILES string of the molecule is CC1CCCC(C(=O)Nc2sc3c(c2C#N)CCC3)C1. The molecule has 0 aliphatic heterocycles. The normalized spacial score (nSPS) is 25.0. The quantitative estimate of drug-likeness (QED) is 0.898. The van der Waals surface area contributed by atoms with E-state index in [0.29, 0.717) is 5.92 Å². The average Bonchev–Trinajstić information content (AvgIpc) is 2.98. The highest BCUT2D eigenvalue weighted by atomic mass is 32.1. The van der Waals surface area contributed by atoms with Gasteiger partial charge in [0.15, 0.2) is 0 Å². The second-order valence-corrected chi connectivity index (χ2v) is 7.24. The highest BCUT2D eigenvalue weighted by Gasteiger charge is 2.28. The summed E-state index contributed by atoms with van der Waals surface area (Å²) in [4.78, 5) is 13.7. The number of aryl methyl sites for hydroxylation is 1. The maximum atomic E-state index is 12.4. The van der Waals surface area contributed by atoms with E-state index in [4.69, 9.17) is 0 Å². The molecule has 1 aromatic heterocycles. The summed E-state index contributed by atoms with van der Waals surface area (Å²) in [6.45, 7) is 2.22. The van der Waals surface area contributed by atoms with Crippen LogP contribution in [0.5, 0.6) is 0 Å². The number of rotatable bonds is 2. The molecule has 3 nitrogen and oxygen atoms in total. The van der Waals surface area contributed by atoms with Crippen LogP contribution in [0.1, 0.15) is 55.0 Å². The van der Waals surface area contributed by atoms with Gasteiger partial charge >= 0.3 is 0 Å². The zero-order valence-electron chi connectivity index (χ0n) is 11.9. The van der Waals surface area contributed by atoms with Crippen LogP contribution in [0.4, 0.5) is 5.00 Å². The highest BCUT2D eigenvalue weighted by Crippen LogP contribution is 2.39. The Hall–Kier alpha value is -1.34. The van der Waals surface area contributed by atoms with Gasteiger partial charge in [0.2, 0.25) is 5.91 Å². The van der Waals surface area contributed by atoms with Crippen molar-refractivity contribution in [2.45, 2.75) is 51.9 Å². The predicted octanol–water partition coefficient (Wildman–Crippen LogP) is 3.87. The van der Waals surface area contributed by atoms with E-state index in [9.17, 15) is 10.1 Å². The summed E-state index contributed by atoms with van der Waals surface area (Å²) in [7, 11) is 0. The van der Waals surface area contributed by atoms with Gasteiger partial charge in [0.1, 0.15) is 11.1 Å². The summed E-state index contributed by atoms with van der Waals surface area (Å²) in [6.07, 6.45) is 7.55. The first-order valence-corrected chi connectivity index (χ1v) is 8.36. The van der Waals surface area contributed by atoms with E-state index < -0.39 is 0 Å². The molecule has 2 atom stereocenters. The molecule has 1 saturated carbocycles. The topological polar surface area (TPSA) is 52.9 Å². The molecule has 20 heavy (non-hydrogen) atoms. The maximum absolute atomic E-state index is 12.4. The first-order chi connectivity index (χ1) is 9.69. The fourth-order valence-corrected chi connectivity index (χ4v) is 4.74. The van der Waals surface area contributed by atoms with Crippen LogP contribution < -0.4 is 5.32 Å². The van der Waals surface area contributed by atoms with Crippen molar-refractivity contribution in [3.05, 3.63) is 16.0 Å². The van der Waals surface area contributed by atoms with Gasteiger partial charge in [-0.1, -0.05) is 19.8 Å². The number of nitrogens with zero attached hydrogens (tertiary/aromatic N) is 1. The van der Waals surface area contributed by atoms with Crippen LogP contribution in [0, 0.1) is 23.2 Å². The average molecular weight is 288 g/mol. The Morgan fingerprint density at radius 3 is 2.95 bits per heavy atom. The Morgan fingerprint density at radius 1 is 1.35 bits per heavy atom. The number of anilines is 1. The fourth-order valence-electron chi connectivity index (χ4n) is 3.50. The molecular weight excluding hydrogens is 268 g/mol. The second-order valence-electron chi connectivity index (χ2n) is 6.13. The molecule has 1 heterocycles. The first-order valence-electron chi connectivity index (χ1n) is 7.54. The third-order valence-corrected chi connectivity index (χ3v) is 5.78. The Bertz CT molecular complexity index is 570. The zero-order chi connectivity index (χ0) is 14.1. The van der Waals surface area contributed by atoms with Crippen LogP contribution in [0.15, 0.2) is 0 Å². The molecule has 2 unspecified atom stereocenters. The van der Waals surface area contributed by atoms with Crippen LogP contribution in [0.3, 0.4) is 0 Å². The van der Waals surface area contributed by atoms with Crippen LogP contribution in [-0.2, 0) is 17.6 Å². The van der Waals surface area contributed by atoms with E-state index in [1.807, 2.05) is 0 Å². The Balaban J connectivity index is 1.75. The lowest BCUT2D eigenvalue weighted by molar-refractivity contribution is -0.121. The van der Waals surface area contributed by atoms with Crippen molar-refractivity contribution in [3.63, 3.8) is 0 Å². The minimum atomic E-state index is 0.118. The molecule has 106 valence electrons. The van der Waals surface area contributed by atoms with Gasteiger partial charge in [-0.3, -0.25) is 4.79 Å². The number of carbonyl (C=O) groups is 1. The summed E-state index contributed by atoms with van der Waals surface area (Å²) in [5.41, 5.74) is 1.91. The minimum Gasteiger partial charge on any atom is -0.316 e. The van der Waals surface area contributed by atoms with Crippen molar-refractivity contribution < 1.29 is 4.79 Å². The van der Waals surface area contributed by atoms with Gasteiger partial charge in [0, 0.05) is 10.8 Å². The molecule has 0 radical (unpaired) electrons. The molecule has 0 bridgehead atoms. The Labute approximate surface area is 124 Å². The van der Waals surface area contributed by atoms with Crippen molar-refractivity contribution in [2.75, 3.05) is 5.32 Å². The monoisotopic (exact) mass is 288 g/mol. The Kier molecular flexibility index (Phi) is 3.80. The molecule has 1 fully saturated rings. The lowest BCUT2D eigenvalue weighted by Gasteiger charge is -2.25. The molecule has 2 aliphatic carbocycles. The predicted molar refractivity (Wildman–Crippen MR) is 80.8 cm³/mol. The number of amides is 1. The van der Waals surface area contributed by atoms with Crippen molar-refractivity contribution in [2.24, 2.45) is 11.8 Å². The summed E-state index contributed by atoms with van der Waals surface area (Å²) in [5, 5.41) is 13.2. The van der Waals surface area contributed by atoms with Crippen molar-refractivity contribution >= 4 is 22.2 Å². The van der Waals surface area contributed by atoms with Gasteiger partial charge in [0.05, 0.1) is 5.56 Å². The molecule has 4 heteroatoms. The van der Waals surface area contributed by atoms with Crippen LogP contribution in [0.25, 0.3) is 0 Å². The molecule has 0 aromatic carbocycles. The van der Waals surface area contributed by atoms with E-state index in [-0.39, 0.29) is 11.8 Å². The molecule has 3 rings (SSSR count). The van der Waals surface area contributed by atoms with Crippen molar-refractivity contribution in [1.82, 2.24) is 0 Å². The van der Waals surface area contributed by atoms with E-state index in [1.165, 1.54) is 16.9 Å². The lowest BCUT2D eigenvalue weighted by atomic mass is 9.82. The summed E-state index contributed by atoms with van der Waals surface area (Å²) in [5.74, 6) is 0.887. The van der Waals surface area contributed by atoms with E-state index >= 15 is 0 Å². The lowest BCUT2D eigenvalue weighted by Crippen LogP contribution is -2.27. The van der Waals surface area contributed by atoms with E-state index in [1.54, 1.807) is 11.3 Å².